The number of likely N-dealkylation sites (tertiary alicyclic amines) is 1. The third-order valence-electron chi connectivity index (χ3n) is 5.02. The third-order valence-corrected chi connectivity index (χ3v) is 5.02. The number of para-hydroxylation sites is 1. The van der Waals surface area contributed by atoms with Crippen LogP contribution in [0.3, 0.4) is 0 Å². The van der Waals surface area contributed by atoms with Gasteiger partial charge < -0.3 is 14.6 Å². The van der Waals surface area contributed by atoms with Crippen LogP contribution in [-0.2, 0) is 0 Å². The lowest BCUT2D eigenvalue weighted by Crippen LogP contribution is -2.31. The zero-order valence-corrected chi connectivity index (χ0v) is 15.2. The van der Waals surface area contributed by atoms with E-state index in [4.69, 9.17) is 4.74 Å². The number of ketones is 1. The molecule has 0 bridgehead atoms. The van der Waals surface area contributed by atoms with Crippen molar-refractivity contribution in [1.29, 1.82) is 0 Å². The molecule has 1 aliphatic heterocycles. The average Bonchev–Trinajstić information content (AvgIpc) is 3.19. The largest absolute Gasteiger partial charge is 0.496 e. The lowest BCUT2D eigenvalue weighted by atomic mass is 10.0. The van der Waals surface area contributed by atoms with Gasteiger partial charge in [0.1, 0.15) is 5.75 Å². The second-order valence-electron chi connectivity index (χ2n) is 6.58. The molecule has 2 aromatic rings. The van der Waals surface area contributed by atoms with Crippen LogP contribution in [0.2, 0.25) is 0 Å². The van der Waals surface area contributed by atoms with Crippen LogP contribution in [0.15, 0.2) is 24.3 Å². The number of aromatic nitrogens is 1. The number of amides is 1. The fourth-order valence-electron chi connectivity index (χ4n) is 3.84. The molecule has 1 fully saturated rings. The SMILES string of the molecule is COc1ccccc1[C@@H]1CCCN1C(=O)c1c(C)[nH]c(C(C)=O)c1C. The van der Waals surface area contributed by atoms with Crippen LogP contribution >= 0.6 is 0 Å². The summed E-state index contributed by atoms with van der Waals surface area (Å²) in [6.07, 6.45) is 1.87. The predicted molar refractivity (Wildman–Crippen MR) is 96.3 cm³/mol. The second kappa shape index (κ2) is 6.75. The number of hydrogen-bond acceptors (Lipinski definition) is 3. The van der Waals surface area contributed by atoms with Gasteiger partial charge in [0, 0.05) is 24.7 Å². The molecule has 25 heavy (non-hydrogen) atoms. The number of hydrogen-bond donors (Lipinski definition) is 1. The van der Waals surface area contributed by atoms with Crippen molar-refractivity contribution in [3.05, 3.63) is 52.3 Å². The minimum Gasteiger partial charge on any atom is -0.496 e. The minimum absolute atomic E-state index is 0.00173. The quantitative estimate of drug-likeness (QED) is 0.861. The van der Waals surface area contributed by atoms with Gasteiger partial charge >= 0.3 is 0 Å². The van der Waals surface area contributed by atoms with Crippen LogP contribution in [0.5, 0.6) is 5.75 Å². The Labute approximate surface area is 148 Å². The van der Waals surface area contributed by atoms with Crippen molar-refractivity contribution in [1.82, 2.24) is 9.88 Å². The van der Waals surface area contributed by atoms with Gasteiger partial charge in [0.05, 0.1) is 24.4 Å². The maximum atomic E-state index is 13.3. The van der Waals surface area contributed by atoms with Crippen molar-refractivity contribution in [3.8, 4) is 5.75 Å². The van der Waals surface area contributed by atoms with E-state index in [0.717, 1.165) is 35.4 Å². The summed E-state index contributed by atoms with van der Waals surface area (Å²) < 4.78 is 5.49. The van der Waals surface area contributed by atoms with Crippen LogP contribution in [0, 0.1) is 13.8 Å². The highest BCUT2D eigenvalue weighted by atomic mass is 16.5. The van der Waals surface area contributed by atoms with Gasteiger partial charge in [0.25, 0.3) is 5.91 Å². The lowest BCUT2D eigenvalue weighted by molar-refractivity contribution is 0.0733. The first kappa shape index (κ1) is 17.3. The van der Waals surface area contributed by atoms with Gasteiger partial charge in [-0.15, -0.1) is 0 Å². The first-order chi connectivity index (χ1) is 12.0. The molecular weight excluding hydrogens is 316 g/mol. The Morgan fingerprint density at radius 1 is 1.24 bits per heavy atom. The summed E-state index contributed by atoms with van der Waals surface area (Å²) >= 11 is 0. The molecule has 0 radical (unpaired) electrons. The summed E-state index contributed by atoms with van der Waals surface area (Å²) in [4.78, 5) is 30.0. The van der Waals surface area contributed by atoms with E-state index in [2.05, 4.69) is 4.98 Å². The van der Waals surface area contributed by atoms with E-state index >= 15 is 0 Å². The van der Waals surface area contributed by atoms with Crippen LogP contribution in [-0.4, -0.2) is 35.2 Å². The minimum atomic E-state index is -0.0534. The summed E-state index contributed by atoms with van der Waals surface area (Å²) in [7, 11) is 1.65. The summed E-state index contributed by atoms with van der Waals surface area (Å²) in [5.74, 6) is 0.730. The molecule has 1 N–H and O–H groups in total. The number of benzene rings is 1. The van der Waals surface area contributed by atoms with E-state index in [1.807, 2.05) is 43.0 Å². The summed E-state index contributed by atoms with van der Waals surface area (Å²) in [6.45, 7) is 5.91. The van der Waals surface area contributed by atoms with Gasteiger partial charge in [0.15, 0.2) is 5.78 Å². The first-order valence-electron chi connectivity index (χ1n) is 8.59. The smallest absolute Gasteiger partial charge is 0.256 e. The van der Waals surface area contributed by atoms with Crippen LogP contribution in [0.25, 0.3) is 0 Å². The number of aromatic amines is 1. The Hall–Kier alpha value is -2.56. The topological polar surface area (TPSA) is 62.4 Å². The Kier molecular flexibility index (Phi) is 4.66. The van der Waals surface area contributed by atoms with E-state index in [9.17, 15) is 9.59 Å². The molecule has 0 aliphatic carbocycles. The Balaban J connectivity index is 1.98. The van der Waals surface area contributed by atoms with E-state index < -0.39 is 0 Å². The Morgan fingerprint density at radius 3 is 2.60 bits per heavy atom. The molecule has 1 aliphatic rings. The molecule has 0 unspecified atom stereocenters. The molecule has 1 saturated heterocycles. The zero-order chi connectivity index (χ0) is 18.1. The number of Topliss-reactive ketones (excluding diaryl/α,β-unsaturated/α-hetero) is 1. The highest BCUT2D eigenvalue weighted by molar-refractivity contribution is 6.02. The number of aryl methyl sites for hydroxylation is 1. The normalized spacial score (nSPS) is 17.0. The predicted octanol–water partition coefficient (Wildman–Crippen LogP) is 3.82. The van der Waals surface area contributed by atoms with Gasteiger partial charge in [-0.2, -0.15) is 0 Å². The molecule has 1 amide bonds. The fraction of sp³-hybridized carbons (Fsp3) is 0.400. The van der Waals surface area contributed by atoms with E-state index in [1.54, 1.807) is 7.11 Å². The second-order valence-corrected chi connectivity index (χ2v) is 6.58. The molecule has 2 heterocycles. The molecule has 1 aromatic carbocycles. The molecule has 5 heteroatoms. The number of carbonyl (C=O) groups is 2. The third kappa shape index (κ3) is 2.95. The summed E-state index contributed by atoms with van der Waals surface area (Å²) in [6, 6.07) is 7.85. The number of rotatable bonds is 4. The van der Waals surface area contributed by atoms with Gasteiger partial charge in [-0.3, -0.25) is 9.59 Å². The standard InChI is InChI=1S/C20H24N2O3/c1-12-18(13(2)21-19(12)14(3)23)20(24)22-11-7-9-16(22)15-8-5-6-10-17(15)25-4/h5-6,8,10,16,21H,7,9,11H2,1-4H3/t16-/m0/s1. The van der Waals surface area contributed by atoms with Crippen molar-refractivity contribution in [2.75, 3.05) is 13.7 Å². The van der Waals surface area contributed by atoms with Gasteiger partial charge in [-0.1, -0.05) is 18.2 Å². The lowest BCUT2D eigenvalue weighted by Gasteiger charge is -2.26. The highest BCUT2D eigenvalue weighted by Crippen LogP contribution is 2.38. The monoisotopic (exact) mass is 340 g/mol. The van der Waals surface area contributed by atoms with Crippen LogP contribution in [0.4, 0.5) is 0 Å². The van der Waals surface area contributed by atoms with E-state index in [0.29, 0.717) is 17.8 Å². The van der Waals surface area contributed by atoms with Gasteiger partial charge in [-0.05, 0) is 38.3 Å². The van der Waals surface area contributed by atoms with E-state index in [-0.39, 0.29) is 17.7 Å². The molecule has 3 rings (SSSR count). The molecule has 0 spiro atoms. The molecule has 5 nitrogen and oxygen atoms in total. The molecule has 132 valence electrons. The van der Waals surface area contributed by atoms with Crippen molar-refractivity contribution in [3.63, 3.8) is 0 Å². The molecule has 1 atom stereocenters. The van der Waals surface area contributed by atoms with Gasteiger partial charge in [0.2, 0.25) is 0 Å². The summed E-state index contributed by atoms with van der Waals surface area (Å²) in [5, 5.41) is 0. The van der Waals surface area contributed by atoms with Crippen LogP contribution in [0.1, 0.15) is 63.5 Å². The number of nitrogens with zero attached hydrogens (tertiary/aromatic N) is 1. The number of H-pyrrole nitrogens is 1. The first-order valence-corrected chi connectivity index (χ1v) is 8.59. The number of nitrogens with one attached hydrogen (secondary N) is 1. The maximum Gasteiger partial charge on any atom is 0.256 e. The fourth-order valence-corrected chi connectivity index (χ4v) is 3.84. The molecular formula is C20H24N2O3. The number of methoxy groups -OCH3 is 1. The Morgan fingerprint density at radius 2 is 1.96 bits per heavy atom. The van der Waals surface area contributed by atoms with E-state index in [1.165, 1.54) is 6.92 Å². The highest BCUT2D eigenvalue weighted by Gasteiger charge is 2.34. The van der Waals surface area contributed by atoms with Crippen molar-refractivity contribution in [2.24, 2.45) is 0 Å². The average molecular weight is 340 g/mol. The van der Waals surface area contributed by atoms with Crippen molar-refractivity contribution < 1.29 is 14.3 Å². The van der Waals surface area contributed by atoms with Crippen LogP contribution < -0.4 is 4.74 Å². The maximum absolute atomic E-state index is 13.3. The van der Waals surface area contributed by atoms with Gasteiger partial charge in [-0.25, -0.2) is 0 Å². The Bertz CT molecular complexity index is 822. The molecule has 1 aromatic heterocycles. The van der Waals surface area contributed by atoms with Crippen molar-refractivity contribution >= 4 is 11.7 Å². The number of ether oxygens (including phenoxy) is 1. The molecule has 0 saturated carbocycles. The zero-order valence-electron chi connectivity index (χ0n) is 15.2. The summed E-state index contributed by atoms with van der Waals surface area (Å²) in [5.41, 5.74) is 3.66. The van der Waals surface area contributed by atoms with Crippen molar-refractivity contribution in [2.45, 2.75) is 39.7 Å². The number of carbonyl (C=O) groups excluding carboxylic acids is 2.